The minimum atomic E-state index is -0.823. The first kappa shape index (κ1) is 18.8. The number of nitrogens with one attached hydrogen (secondary N) is 1. The molecule has 162 valence electrons. The number of nitrogens with zero attached hydrogens (tertiary/aromatic N) is 8. The lowest BCUT2D eigenvalue weighted by molar-refractivity contribution is 0.345. The zero-order valence-corrected chi connectivity index (χ0v) is 16.7. The summed E-state index contributed by atoms with van der Waals surface area (Å²) in [5, 5.41) is 15.5. The van der Waals surface area contributed by atoms with Gasteiger partial charge in [0.15, 0.2) is 11.6 Å². The van der Waals surface area contributed by atoms with Gasteiger partial charge in [-0.2, -0.15) is 5.10 Å². The Morgan fingerprint density at radius 2 is 1.72 bits per heavy atom. The maximum absolute atomic E-state index is 13.4. The van der Waals surface area contributed by atoms with Gasteiger partial charge in [0, 0.05) is 31.5 Å². The lowest BCUT2D eigenvalue weighted by Gasteiger charge is -2.37. The van der Waals surface area contributed by atoms with E-state index >= 15 is 0 Å². The van der Waals surface area contributed by atoms with Crippen LogP contribution >= 0.6 is 0 Å². The van der Waals surface area contributed by atoms with Crippen molar-refractivity contribution < 1.29 is 13.2 Å². The molecule has 1 aliphatic carbocycles. The van der Waals surface area contributed by atoms with E-state index < -0.39 is 11.6 Å². The van der Waals surface area contributed by atoms with Crippen LogP contribution in [0.1, 0.15) is 17.2 Å². The Morgan fingerprint density at radius 1 is 1.00 bits per heavy atom. The van der Waals surface area contributed by atoms with E-state index in [9.17, 15) is 8.78 Å². The minimum absolute atomic E-state index is 0.0311. The molecule has 32 heavy (non-hydrogen) atoms. The van der Waals surface area contributed by atoms with Crippen LogP contribution in [0.5, 0.6) is 0 Å². The van der Waals surface area contributed by atoms with Gasteiger partial charge in [-0.3, -0.25) is 0 Å². The van der Waals surface area contributed by atoms with Crippen molar-refractivity contribution in [1.29, 1.82) is 0 Å². The van der Waals surface area contributed by atoms with E-state index in [2.05, 4.69) is 35.6 Å². The molecule has 2 aliphatic rings. The smallest absolute Gasteiger partial charge is 0.318 e. The highest BCUT2D eigenvalue weighted by atomic mass is 19.2. The Kier molecular flexibility index (Phi) is 4.30. The van der Waals surface area contributed by atoms with Gasteiger partial charge in [-0.25, -0.2) is 28.4 Å². The molecule has 0 bridgehead atoms. The second-order valence-corrected chi connectivity index (χ2v) is 7.90. The van der Waals surface area contributed by atoms with Gasteiger partial charge in [-0.15, -0.1) is 5.10 Å². The van der Waals surface area contributed by atoms with E-state index in [0.29, 0.717) is 49.3 Å². The molecule has 1 aliphatic heterocycles. The van der Waals surface area contributed by atoms with Gasteiger partial charge >= 0.3 is 6.01 Å². The van der Waals surface area contributed by atoms with Gasteiger partial charge in [0.2, 0.25) is 5.95 Å². The molecule has 6 rings (SSSR count). The van der Waals surface area contributed by atoms with Gasteiger partial charge in [0.25, 0.3) is 5.89 Å². The van der Waals surface area contributed by atoms with Crippen molar-refractivity contribution in [2.75, 3.05) is 23.3 Å². The van der Waals surface area contributed by atoms with Gasteiger partial charge in [0.05, 0.1) is 11.6 Å². The van der Waals surface area contributed by atoms with E-state index in [4.69, 9.17) is 4.42 Å². The average Bonchev–Trinajstić information content (AvgIpc) is 3.50. The summed E-state index contributed by atoms with van der Waals surface area (Å²) >= 11 is 0. The number of hydrogen-bond donors (Lipinski definition) is 1. The predicted octanol–water partition coefficient (Wildman–Crippen LogP) is 2.04. The number of aromatic nitrogens is 7. The quantitative estimate of drug-likeness (QED) is 0.501. The highest BCUT2D eigenvalue weighted by molar-refractivity contribution is 5.52. The van der Waals surface area contributed by atoms with Crippen LogP contribution in [0.15, 0.2) is 41.6 Å². The molecule has 0 saturated carbocycles. The van der Waals surface area contributed by atoms with Crippen LogP contribution in [0, 0.1) is 11.6 Å². The molecule has 12 heteroatoms. The Balaban J connectivity index is 1.08. The fourth-order valence-electron chi connectivity index (χ4n) is 4.05. The fraction of sp³-hybridized carbons (Fsp3) is 0.300. The number of benzene rings is 1. The number of anilines is 2. The maximum Gasteiger partial charge on any atom is 0.318 e. The largest absolute Gasteiger partial charge is 0.403 e. The molecule has 3 aromatic heterocycles. The van der Waals surface area contributed by atoms with Crippen LogP contribution in [0.25, 0.3) is 11.5 Å². The summed E-state index contributed by atoms with van der Waals surface area (Å²) in [6, 6.07) is 3.15. The average molecular weight is 437 g/mol. The number of halogens is 2. The molecule has 1 aromatic carbocycles. The van der Waals surface area contributed by atoms with Crippen LogP contribution < -0.4 is 10.2 Å². The topological polar surface area (TPSA) is 111 Å². The Morgan fingerprint density at radius 3 is 2.38 bits per heavy atom. The molecule has 1 saturated heterocycles. The maximum atomic E-state index is 13.4. The molecule has 0 amide bonds. The molecule has 0 spiro atoms. The summed E-state index contributed by atoms with van der Waals surface area (Å²) in [6.45, 7) is 1.42. The Bertz CT molecular complexity index is 1220. The normalized spacial score (nSPS) is 16.2. The number of fused-ring (bicyclic) bond motifs is 1. The van der Waals surface area contributed by atoms with Crippen LogP contribution in [-0.2, 0) is 12.8 Å². The van der Waals surface area contributed by atoms with Crippen molar-refractivity contribution in [2.45, 2.75) is 24.9 Å². The minimum Gasteiger partial charge on any atom is -0.403 e. The summed E-state index contributed by atoms with van der Waals surface area (Å²) in [5.41, 5.74) is 2.20. The van der Waals surface area contributed by atoms with Gasteiger partial charge < -0.3 is 14.6 Å². The molecular weight excluding hydrogens is 420 g/mol. The second kappa shape index (κ2) is 7.32. The third kappa shape index (κ3) is 3.33. The van der Waals surface area contributed by atoms with E-state index in [1.54, 1.807) is 18.7 Å². The Hall–Kier alpha value is -3.96. The number of hydrogen-bond acceptors (Lipinski definition) is 9. The lowest BCUT2D eigenvalue weighted by atomic mass is 10.1. The van der Waals surface area contributed by atoms with Crippen molar-refractivity contribution in [2.24, 2.45) is 0 Å². The van der Waals surface area contributed by atoms with E-state index in [1.807, 2.05) is 9.58 Å². The van der Waals surface area contributed by atoms with E-state index in [1.165, 1.54) is 18.5 Å². The molecule has 0 unspecified atom stereocenters. The zero-order valence-electron chi connectivity index (χ0n) is 16.7. The third-order valence-electron chi connectivity index (χ3n) is 5.77. The van der Waals surface area contributed by atoms with Crippen molar-refractivity contribution in [1.82, 2.24) is 34.9 Å². The van der Waals surface area contributed by atoms with Crippen LogP contribution in [-0.4, -0.2) is 54.1 Å². The molecule has 4 heterocycles. The lowest BCUT2D eigenvalue weighted by Crippen LogP contribution is -2.48. The monoisotopic (exact) mass is 437 g/mol. The fourth-order valence-corrected chi connectivity index (χ4v) is 4.05. The first-order valence-electron chi connectivity index (χ1n) is 10.1. The summed E-state index contributed by atoms with van der Waals surface area (Å²) < 4.78 is 34.5. The number of rotatable bonds is 5. The Labute approximate surface area is 180 Å². The molecule has 4 aromatic rings. The van der Waals surface area contributed by atoms with Crippen molar-refractivity contribution in [3.63, 3.8) is 0 Å². The van der Waals surface area contributed by atoms with E-state index in [-0.39, 0.29) is 12.1 Å². The first-order chi connectivity index (χ1) is 15.6. The van der Waals surface area contributed by atoms with Crippen LogP contribution in [0.2, 0.25) is 0 Å². The van der Waals surface area contributed by atoms with Gasteiger partial charge in [0.1, 0.15) is 12.7 Å². The van der Waals surface area contributed by atoms with Crippen LogP contribution in [0.3, 0.4) is 0 Å². The molecule has 0 atom stereocenters. The first-order valence-corrected chi connectivity index (χ1v) is 10.1. The summed E-state index contributed by atoms with van der Waals surface area (Å²) in [5.74, 6) is -0.896. The molecule has 1 N–H and O–H groups in total. The summed E-state index contributed by atoms with van der Waals surface area (Å²) in [4.78, 5) is 14.6. The van der Waals surface area contributed by atoms with E-state index in [0.717, 1.165) is 11.1 Å². The van der Waals surface area contributed by atoms with Crippen molar-refractivity contribution in [3.05, 3.63) is 59.9 Å². The molecule has 10 nitrogen and oxygen atoms in total. The summed E-state index contributed by atoms with van der Waals surface area (Å²) in [6.07, 6.45) is 7.56. The zero-order chi connectivity index (χ0) is 21.7. The standard InChI is InChI=1S/C20H17F2N9O/c21-16-3-11-1-14(2-12(11)4-17(16)22)27-19-24-5-13(6-25-19)18-28-29-20(32-18)30-7-15(8-30)31-10-23-9-26-31/h3-6,9-10,14-15H,1-2,7-8H2,(H,24,25,27). The highest BCUT2D eigenvalue weighted by Crippen LogP contribution is 2.29. The van der Waals surface area contributed by atoms with Crippen molar-refractivity contribution in [3.8, 4) is 11.5 Å². The van der Waals surface area contributed by atoms with Gasteiger partial charge in [-0.05, 0) is 36.1 Å². The molecular formula is C20H17F2N9O. The van der Waals surface area contributed by atoms with Crippen LogP contribution in [0.4, 0.5) is 20.7 Å². The highest BCUT2D eigenvalue weighted by Gasteiger charge is 2.32. The predicted molar refractivity (Wildman–Crippen MR) is 108 cm³/mol. The molecule has 0 radical (unpaired) electrons. The SMILES string of the molecule is Fc1cc2c(cc1F)CC(Nc1ncc(-c3nnc(N4CC(n5cncn5)C4)o3)cn1)C2. The molecule has 1 fully saturated rings. The second-order valence-electron chi connectivity index (χ2n) is 7.90. The summed E-state index contributed by atoms with van der Waals surface area (Å²) in [7, 11) is 0. The van der Waals surface area contributed by atoms with Crippen molar-refractivity contribution >= 4 is 12.0 Å². The van der Waals surface area contributed by atoms with Gasteiger partial charge in [-0.1, -0.05) is 5.10 Å². The third-order valence-corrected chi connectivity index (χ3v) is 5.77.